The Kier molecular flexibility index (Phi) is 5.32. The van der Waals surface area contributed by atoms with E-state index in [2.05, 4.69) is 101 Å². The van der Waals surface area contributed by atoms with Crippen LogP contribution in [0.1, 0.15) is 51.3 Å². The van der Waals surface area contributed by atoms with Crippen molar-refractivity contribution in [2.45, 2.75) is 64.2 Å². The SMILES string of the molecule is Cc1c2c(c(CC(C)(C)C)c3ccsc13)Sc1cc3cccc(CC(C)C)c3c3cc[n+](C)c-2c13. The fourth-order valence-corrected chi connectivity index (χ4v) is 8.30. The lowest BCUT2D eigenvalue weighted by Gasteiger charge is -2.27. The molecule has 0 spiro atoms. The monoisotopic (exact) mass is 496 g/mol. The van der Waals surface area contributed by atoms with Crippen LogP contribution in [0.25, 0.3) is 42.9 Å². The van der Waals surface area contributed by atoms with Crippen molar-refractivity contribution in [3.8, 4) is 11.3 Å². The van der Waals surface area contributed by atoms with Crippen LogP contribution >= 0.6 is 23.1 Å². The van der Waals surface area contributed by atoms with E-state index in [9.17, 15) is 0 Å². The van der Waals surface area contributed by atoms with Gasteiger partial charge < -0.3 is 0 Å². The number of nitrogens with zero attached hydrogens (tertiary/aromatic N) is 1. The first-order valence-corrected chi connectivity index (χ1v) is 14.4. The van der Waals surface area contributed by atoms with Crippen molar-refractivity contribution in [1.82, 2.24) is 0 Å². The van der Waals surface area contributed by atoms with Gasteiger partial charge in [-0.3, -0.25) is 0 Å². The number of fused-ring (bicyclic) bond motifs is 5. The summed E-state index contributed by atoms with van der Waals surface area (Å²) in [5, 5.41) is 9.37. The van der Waals surface area contributed by atoms with E-state index >= 15 is 0 Å². The number of aromatic nitrogens is 1. The maximum absolute atomic E-state index is 2.46. The molecule has 0 N–H and O–H groups in total. The second-order valence-corrected chi connectivity index (χ2v) is 13.8. The highest BCUT2D eigenvalue weighted by molar-refractivity contribution is 8.00. The Morgan fingerprint density at radius 3 is 2.54 bits per heavy atom. The summed E-state index contributed by atoms with van der Waals surface area (Å²) in [6.07, 6.45) is 4.47. The van der Waals surface area contributed by atoms with E-state index in [1.807, 2.05) is 23.1 Å². The van der Waals surface area contributed by atoms with Crippen molar-refractivity contribution in [1.29, 1.82) is 0 Å². The first-order valence-electron chi connectivity index (χ1n) is 12.7. The molecule has 0 atom stereocenters. The number of rotatable bonds is 3. The van der Waals surface area contributed by atoms with Gasteiger partial charge in [0.25, 0.3) is 0 Å². The molecule has 0 amide bonds. The third-order valence-corrected chi connectivity index (χ3v) is 9.53. The normalized spacial score (nSPS) is 13.4. The zero-order valence-electron chi connectivity index (χ0n) is 21.9. The zero-order valence-corrected chi connectivity index (χ0v) is 23.5. The Morgan fingerprint density at radius 2 is 1.80 bits per heavy atom. The van der Waals surface area contributed by atoms with Crippen LogP contribution in [-0.2, 0) is 19.9 Å². The Hall–Kier alpha value is -2.36. The standard InChI is InChI=1S/C32H34NS2/c1-18(2)15-20-9-8-10-21-16-25-28-23(27(20)21)11-13-33(7)29(28)26-19(3)30-22(12-14-34-30)24(31(26)35-25)17-32(4,5)6/h8-14,16,18H,15,17H2,1-7H3/q+1. The molecule has 0 aliphatic carbocycles. The lowest BCUT2D eigenvalue weighted by atomic mass is 9.84. The topological polar surface area (TPSA) is 3.88 Å². The Labute approximate surface area is 217 Å². The van der Waals surface area contributed by atoms with Crippen LogP contribution in [0.4, 0.5) is 0 Å². The van der Waals surface area contributed by atoms with Crippen LogP contribution in [-0.4, -0.2) is 0 Å². The fourth-order valence-electron chi connectivity index (χ4n) is 5.99. The smallest absolute Gasteiger partial charge is 0.200 e. The number of pyridine rings is 1. The highest BCUT2D eigenvalue weighted by Gasteiger charge is 2.33. The van der Waals surface area contributed by atoms with Crippen molar-refractivity contribution in [3.63, 3.8) is 0 Å². The maximum Gasteiger partial charge on any atom is 0.222 e. The van der Waals surface area contributed by atoms with Crippen molar-refractivity contribution in [2.24, 2.45) is 18.4 Å². The first-order chi connectivity index (χ1) is 16.6. The number of hydrogen-bond donors (Lipinski definition) is 0. The van der Waals surface area contributed by atoms with Crippen LogP contribution in [0.2, 0.25) is 0 Å². The van der Waals surface area contributed by atoms with E-state index in [-0.39, 0.29) is 5.41 Å². The van der Waals surface area contributed by atoms with Gasteiger partial charge in [0, 0.05) is 25.9 Å². The third kappa shape index (κ3) is 3.62. The lowest BCUT2D eigenvalue weighted by Crippen LogP contribution is -2.32. The minimum absolute atomic E-state index is 0.224. The van der Waals surface area contributed by atoms with Crippen LogP contribution in [0.3, 0.4) is 0 Å². The second kappa shape index (κ2) is 8.08. The maximum atomic E-state index is 2.46. The lowest BCUT2D eigenvalue weighted by molar-refractivity contribution is -0.659. The Morgan fingerprint density at radius 1 is 1.00 bits per heavy atom. The van der Waals surface area contributed by atoms with E-state index in [1.54, 1.807) is 0 Å². The minimum Gasteiger partial charge on any atom is -0.200 e. The molecule has 0 bridgehead atoms. The second-order valence-electron chi connectivity index (χ2n) is 11.9. The third-order valence-electron chi connectivity index (χ3n) is 7.30. The fraction of sp³-hybridized carbons (Fsp3) is 0.344. The van der Waals surface area contributed by atoms with Crippen LogP contribution in [0.5, 0.6) is 0 Å². The summed E-state index contributed by atoms with van der Waals surface area (Å²) in [6, 6.07) is 14.1. The predicted octanol–water partition coefficient (Wildman–Crippen LogP) is 9.26. The van der Waals surface area contributed by atoms with Gasteiger partial charge in [-0.15, -0.1) is 11.3 Å². The largest absolute Gasteiger partial charge is 0.222 e. The molecular formula is C32H34NS2+. The summed E-state index contributed by atoms with van der Waals surface area (Å²) in [6.45, 7) is 14.1. The molecule has 1 aliphatic heterocycles. The molecule has 3 heterocycles. The molecule has 2 aromatic heterocycles. The highest BCUT2D eigenvalue weighted by Crippen LogP contribution is 2.54. The molecule has 3 aromatic carbocycles. The van der Waals surface area contributed by atoms with Gasteiger partial charge in [0.05, 0.1) is 10.9 Å². The number of thiophene rings is 1. The number of benzene rings is 3. The van der Waals surface area contributed by atoms with Crippen LogP contribution in [0, 0.1) is 18.3 Å². The van der Waals surface area contributed by atoms with Gasteiger partial charge in [0.15, 0.2) is 6.20 Å². The van der Waals surface area contributed by atoms with Gasteiger partial charge in [0.1, 0.15) is 7.05 Å². The molecule has 0 saturated carbocycles. The highest BCUT2D eigenvalue weighted by atomic mass is 32.2. The van der Waals surface area contributed by atoms with Gasteiger partial charge >= 0.3 is 0 Å². The molecule has 5 aromatic rings. The van der Waals surface area contributed by atoms with Crippen LogP contribution < -0.4 is 4.57 Å². The van der Waals surface area contributed by atoms with Gasteiger partial charge in [-0.05, 0) is 81.5 Å². The van der Waals surface area contributed by atoms with Crippen molar-refractivity contribution < 1.29 is 4.57 Å². The molecule has 3 heteroatoms. The zero-order chi connectivity index (χ0) is 24.6. The molecule has 178 valence electrons. The quantitative estimate of drug-likeness (QED) is 0.174. The average Bonchev–Trinajstić information content (AvgIpc) is 3.27. The molecule has 35 heavy (non-hydrogen) atoms. The molecular weight excluding hydrogens is 462 g/mol. The molecule has 0 radical (unpaired) electrons. The van der Waals surface area contributed by atoms with Gasteiger partial charge in [-0.25, -0.2) is 4.57 Å². The average molecular weight is 497 g/mol. The minimum atomic E-state index is 0.224. The molecule has 0 unspecified atom stereocenters. The first kappa shape index (κ1) is 23.1. The summed E-state index contributed by atoms with van der Waals surface area (Å²) in [5.74, 6) is 0.631. The predicted molar refractivity (Wildman–Crippen MR) is 154 cm³/mol. The van der Waals surface area contributed by atoms with Crippen molar-refractivity contribution in [3.05, 3.63) is 64.7 Å². The van der Waals surface area contributed by atoms with E-state index in [1.165, 1.54) is 69.4 Å². The summed E-state index contributed by atoms with van der Waals surface area (Å²) in [5.41, 5.74) is 7.48. The molecule has 0 saturated heterocycles. The molecule has 1 aliphatic rings. The van der Waals surface area contributed by atoms with Gasteiger partial charge in [-0.2, -0.15) is 0 Å². The molecule has 0 fully saturated rings. The molecule has 6 rings (SSSR count). The van der Waals surface area contributed by atoms with Crippen molar-refractivity contribution >= 4 is 54.7 Å². The number of hydrogen-bond acceptors (Lipinski definition) is 2. The van der Waals surface area contributed by atoms with E-state index in [0.717, 1.165) is 12.8 Å². The summed E-state index contributed by atoms with van der Waals surface area (Å²) >= 11 is 3.91. The Balaban J connectivity index is 1.77. The van der Waals surface area contributed by atoms with Gasteiger partial charge in [0.2, 0.25) is 5.69 Å². The summed E-state index contributed by atoms with van der Waals surface area (Å²) in [4.78, 5) is 2.87. The number of aryl methyl sites for hydroxylation is 2. The van der Waals surface area contributed by atoms with Crippen molar-refractivity contribution in [2.75, 3.05) is 0 Å². The van der Waals surface area contributed by atoms with Crippen LogP contribution in [0.15, 0.2) is 57.8 Å². The molecule has 1 nitrogen and oxygen atoms in total. The summed E-state index contributed by atoms with van der Waals surface area (Å²) in [7, 11) is 2.23. The van der Waals surface area contributed by atoms with E-state index in [4.69, 9.17) is 0 Å². The van der Waals surface area contributed by atoms with Gasteiger partial charge in [-0.1, -0.05) is 64.6 Å². The van der Waals surface area contributed by atoms with E-state index in [0.29, 0.717) is 5.92 Å². The van der Waals surface area contributed by atoms with E-state index < -0.39 is 0 Å². The Bertz CT molecular complexity index is 1650. The summed E-state index contributed by atoms with van der Waals surface area (Å²) < 4.78 is 3.82.